The number of fused-ring (bicyclic) bond motifs is 1. The maximum Gasteiger partial charge on any atom is 0.257 e. The zero-order valence-corrected chi connectivity index (χ0v) is 15.0. The number of amides is 1. The lowest BCUT2D eigenvalue weighted by atomic mass is 10.1. The summed E-state index contributed by atoms with van der Waals surface area (Å²) in [5.74, 6) is 0.912. The highest BCUT2D eigenvalue weighted by Gasteiger charge is 2.19. The van der Waals surface area contributed by atoms with Crippen LogP contribution in [-0.4, -0.2) is 28.9 Å². The van der Waals surface area contributed by atoms with E-state index in [-0.39, 0.29) is 5.91 Å². The van der Waals surface area contributed by atoms with Crippen molar-refractivity contribution in [2.45, 2.75) is 30.7 Å². The third-order valence-electron chi connectivity index (χ3n) is 4.48. The maximum absolute atomic E-state index is 12.4. The Morgan fingerprint density at radius 3 is 2.68 bits per heavy atom. The average Bonchev–Trinajstić information content (AvgIpc) is 3.29. The summed E-state index contributed by atoms with van der Waals surface area (Å²) in [5.41, 5.74) is 4.82. The van der Waals surface area contributed by atoms with Gasteiger partial charge < -0.3 is 9.32 Å². The number of carbonyl (C=O) groups excluding carboxylic acids is 1. The van der Waals surface area contributed by atoms with E-state index in [9.17, 15) is 4.79 Å². The number of thioether (sulfide) groups is 1. The molecule has 0 saturated carbocycles. The molecule has 1 aliphatic heterocycles. The van der Waals surface area contributed by atoms with Crippen LogP contribution in [0.1, 0.15) is 34.3 Å². The molecule has 4 nitrogen and oxygen atoms in total. The van der Waals surface area contributed by atoms with Crippen LogP contribution in [0.25, 0.3) is 11.1 Å². The molecule has 5 heteroatoms. The van der Waals surface area contributed by atoms with Crippen molar-refractivity contribution in [3.8, 4) is 0 Å². The van der Waals surface area contributed by atoms with Crippen molar-refractivity contribution in [3.63, 3.8) is 0 Å². The first-order valence-electron chi connectivity index (χ1n) is 8.57. The number of benzene rings is 2. The van der Waals surface area contributed by atoms with Crippen LogP contribution in [0, 0.1) is 6.92 Å². The molecular weight excluding hydrogens is 332 g/mol. The lowest BCUT2D eigenvalue weighted by Crippen LogP contribution is -2.27. The summed E-state index contributed by atoms with van der Waals surface area (Å²) in [5, 5.41) is 0.679. The first-order chi connectivity index (χ1) is 12.2. The first-order valence-corrected chi connectivity index (χ1v) is 9.56. The predicted octanol–water partition coefficient (Wildman–Crippen LogP) is 4.66. The number of hydrogen-bond donors (Lipinski definition) is 0. The third-order valence-corrected chi connectivity index (χ3v) is 5.38. The Balaban J connectivity index is 1.41. The van der Waals surface area contributed by atoms with Gasteiger partial charge in [-0.25, -0.2) is 4.98 Å². The minimum Gasteiger partial charge on any atom is -0.431 e. The van der Waals surface area contributed by atoms with Crippen LogP contribution in [0.4, 0.5) is 0 Å². The lowest BCUT2D eigenvalue weighted by Gasteiger charge is -2.15. The van der Waals surface area contributed by atoms with Crippen molar-refractivity contribution in [1.82, 2.24) is 9.88 Å². The monoisotopic (exact) mass is 352 g/mol. The molecule has 1 saturated heterocycles. The van der Waals surface area contributed by atoms with E-state index in [0.717, 1.165) is 53.9 Å². The number of nitrogens with zero attached hydrogens (tertiary/aromatic N) is 2. The zero-order valence-electron chi connectivity index (χ0n) is 14.2. The number of hydrogen-bond acceptors (Lipinski definition) is 4. The van der Waals surface area contributed by atoms with Crippen molar-refractivity contribution in [1.29, 1.82) is 0 Å². The topological polar surface area (TPSA) is 46.3 Å². The fraction of sp³-hybridized carbons (Fsp3) is 0.300. The Kier molecular flexibility index (Phi) is 4.49. The zero-order chi connectivity index (χ0) is 17.2. The van der Waals surface area contributed by atoms with Gasteiger partial charge in [0.25, 0.3) is 11.1 Å². The summed E-state index contributed by atoms with van der Waals surface area (Å²) in [6.45, 7) is 3.81. The van der Waals surface area contributed by atoms with Gasteiger partial charge in [-0.05, 0) is 55.2 Å². The highest BCUT2D eigenvalue weighted by Crippen LogP contribution is 2.27. The number of aromatic nitrogens is 1. The van der Waals surface area contributed by atoms with E-state index in [1.54, 1.807) is 11.8 Å². The normalized spacial score (nSPS) is 14.4. The van der Waals surface area contributed by atoms with Gasteiger partial charge in [0.2, 0.25) is 0 Å². The summed E-state index contributed by atoms with van der Waals surface area (Å²) in [7, 11) is 0. The minimum absolute atomic E-state index is 0.144. The van der Waals surface area contributed by atoms with Gasteiger partial charge in [0.05, 0.1) is 0 Å². The summed E-state index contributed by atoms with van der Waals surface area (Å²) in [6, 6.07) is 13.9. The first kappa shape index (κ1) is 16.2. The van der Waals surface area contributed by atoms with Gasteiger partial charge in [-0.2, -0.15) is 0 Å². The smallest absolute Gasteiger partial charge is 0.257 e. The molecule has 128 valence electrons. The molecule has 1 aromatic heterocycles. The fourth-order valence-corrected chi connectivity index (χ4v) is 3.86. The van der Waals surface area contributed by atoms with Crippen LogP contribution in [0.15, 0.2) is 52.1 Å². The van der Waals surface area contributed by atoms with Gasteiger partial charge in [-0.3, -0.25) is 4.79 Å². The van der Waals surface area contributed by atoms with Crippen molar-refractivity contribution in [2.24, 2.45) is 0 Å². The van der Waals surface area contributed by atoms with Crippen LogP contribution >= 0.6 is 11.8 Å². The Bertz CT molecular complexity index is 896. The largest absolute Gasteiger partial charge is 0.431 e. The van der Waals surface area contributed by atoms with Crippen LogP contribution in [0.2, 0.25) is 0 Å². The molecule has 0 atom stereocenters. The van der Waals surface area contributed by atoms with Crippen LogP contribution < -0.4 is 0 Å². The van der Waals surface area contributed by atoms with Crippen molar-refractivity contribution in [2.75, 3.05) is 13.1 Å². The molecule has 3 aromatic rings. The quantitative estimate of drug-likeness (QED) is 0.641. The van der Waals surface area contributed by atoms with Gasteiger partial charge in [-0.15, -0.1) is 0 Å². The Morgan fingerprint density at radius 2 is 1.92 bits per heavy atom. The van der Waals surface area contributed by atoms with Crippen LogP contribution in [-0.2, 0) is 5.75 Å². The van der Waals surface area contributed by atoms with Crippen molar-refractivity contribution in [3.05, 3.63) is 59.2 Å². The van der Waals surface area contributed by atoms with E-state index in [4.69, 9.17) is 4.42 Å². The molecule has 4 rings (SSSR count). The van der Waals surface area contributed by atoms with E-state index in [2.05, 4.69) is 4.98 Å². The summed E-state index contributed by atoms with van der Waals surface area (Å²) in [6.07, 6.45) is 2.23. The van der Waals surface area contributed by atoms with E-state index in [0.29, 0.717) is 5.22 Å². The molecule has 1 fully saturated rings. The van der Waals surface area contributed by atoms with Gasteiger partial charge in [0.15, 0.2) is 5.58 Å². The number of rotatable bonds is 4. The van der Waals surface area contributed by atoms with E-state index in [1.807, 2.05) is 54.3 Å². The van der Waals surface area contributed by atoms with Crippen LogP contribution in [0.5, 0.6) is 0 Å². The predicted molar refractivity (Wildman–Crippen MR) is 99.9 cm³/mol. The Labute approximate surface area is 151 Å². The van der Waals surface area contributed by atoms with Gasteiger partial charge in [0, 0.05) is 24.4 Å². The van der Waals surface area contributed by atoms with Gasteiger partial charge in [0.1, 0.15) is 5.52 Å². The Morgan fingerprint density at radius 1 is 1.16 bits per heavy atom. The average molecular weight is 352 g/mol. The van der Waals surface area contributed by atoms with E-state index in [1.165, 1.54) is 5.56 Å². The second-order valence-corrected chi connectivity index (χ2v) is 7.36. The molecule has 0 aliphatic carbocycles. The molecular formula is C20H20N2O2S. The molecule has 25 heavy (non-hydrogen) atoms. The summed E-state index contributed by atoms with van der Waals surface area (Å²) in [4.78, 5) is 18.8. The molecule has 1 amide bonds. The lowest BCUT2D eigenvalue weighted by molar-refractivity contribution is 0.0793. The summed E-state index contributed by atoms with van der Waals surface area (Å²) >= 11 is 1.57. The highest BCUT2D eigenvalue weighted by molar-refractivity contribution is 7.98. The number of aryl methyl sites for hydroxylation is 1. The van der Waals surface area contributed by atoms with Crippen LogP contribution in [0.3, 0.4) is 0 Å². The number of likely N-dealkylation sites (tertiary alicyclic amines) is 1. The van der Waals surface area contributed by atoms with Crippen molar-refractivity contribution < 1.29 is 9.21 Å². The SMILES string of the molecule is Cc1ccc2oc(SCc3ccc(C(=O)N4CCCC4)cc3)nc2c1. The molecule has 0 bridgehead atoms. The number of oxazole rings is 1. The van der Waals surface area contributed by atoms with Gasteiger partial charge in [-0.1, -0.05) is 30.0 Å². The molecule has 0 unspecified atom stereocenters. The maximum atomic E-state index is 12.4. The standard InChI is InChI=1S/C20H20N2O2S/c1-14-4-9-18-17(12-14)21-20(24-18)25-13-15-5-7-16(8-6-15)19(23)22-10-2-3-11-22/h4-9,12H,2-3,10-11,13H2,1H3. The van der Waals surface area contributed by atoms with E-state index >= 15 is 0 Å². The fourth-order valence-electron chi connectivity index (χ4n) is 3.07. The van der Waals surface area contributed by atoms with E-state index < -0.39 is 0 Å². The highest BCUT2D eigenvalue weighted by atomic mass is 32.2. The van der Waals surface area contributed by atoms with Crippen molar-refractivity contribution >= 4 is 28.8 Å². The Hall–Kier alpha value is -2.27. The molecule has 2 heterocycles. The number of carbonyl (C=O) groups is 1. The molecule has 0 N–H and O–H groups in total. The second-order valence-electron chi connectivity index (χ2n) is 6.44. The molecule has 2 aromatic carbocycles. The summed E-state index contributed by atoms with van der Waals surface area (Å²) < 4.78 is 5.77. The molecule has 0 radical (unpaired) electrons. The van der Waals surface area contributed by atoms with Gasteiger partial charge >= 0.3 is 0 Å². The molecule has 1 aliphatic rings. The third kappa shape index (κ3) is 3.56. The molecule has 0 spiro atoms. The minimum atomic E-state index is 0.144. The second kappa shape index (κ2) is 6.92.